The van der Waals surface area contributed by atoms with Gasteiger partial charge in [-0.25, -0.2) is 0 Å². The molecular weight excluding hydrogens is 192 g/mol. The number of likely N-dealkylation sites (N-methyl/N-ethyl adjacent to an activating group) is 1. The quantitative estimate of drug-likeness (QED) is 0.392. The monoisotopic (exact) mass is 202 g/mol. The number of nitrogens with zero attached hydrogens (tertiary/aromatic N) is 2. The molecular formula is C7H11BrN2. The van der Waals surface area contributed by atoms with Crippen LogP contribution in [0.15, 0.2) is 12.2 Å². The molecule has 0 aliphatic rings. The average Bonchev–Trinajstić information content (AvgIpc) is 1.88. The first-order valence-corrected chi connectivity index (χ1v) is 4.11. The second kappa shape index (κ2) is 5.45. The van der Waals surface area contributed by atoms with Gasteiger partial charge in [-0.05, 0) is 7.05 Å². The molecule has 56 valence electrons. The minimum Gasteiger partial charge on any atom is -0.290 e. The van der Waals surface area contributed by atoms with Gasteiger partial charge in [-0.2, -0.15) is 5.26 Å². The molecule has 0 atom stereocenters. The van der Waals surface area contributed by atoms with Crippen molar-refractivity contribution >= 4 is 15.9 Å². The van der Waals surface area contributed by atoms with Crippen LogP contribution in [0.1, 0.15) is 0 Å². The molecule has 0 saturated heterocycles. The van der Waals surface area contributed by atoms with Crippen LogP contribution in [0, 0.1) is 11.3 Å². The highest BCUT2D eigenvalue weighted by atomic mass is 79.9. The lowest BCUT2D eigenvalue weighted by Gasteiger charge is -2.11. The number of halogens is 1. The first kappa shape index (κ1) is 9.67. The Kier molecular flexibility index (Phi) is 5.27. The lowest BCUT2D eigenvalue weighted by Crippen LogP contribution is -2.21. The van der Waals surface area contributed by atoms with Crippen molar-refractivity contribution in [2.24, 2.45) is 0 Å². The molecule has 10 heavy (non-hydrogen) atoms. The number of nitriles is 1. The summed E-state index contributed by atoms with van der Waals surface area (Å²) < 4.78 is 0. The summed E-state index contributed by atoms with van der Waals surface area (Å²) in [6, 6.07) is 2.07. The second-order valence-electron chi connectivity index (χ2n) is 2.21. The molecule has 0 unspecified atom stereocenters. The van der Waals surface area contributed by atoms with Crippen LogP contribution in [-0.4, -0.2) is 30.4 Å². The molecule has 0 aliphatic heterocycles. The summed E-state index contributed by atoms with van der Waals surface area (Å²) in [6.07, 6.45) is 0. The lowest BCUT2D eigenvalue weighted by atomic mass is 10.3. The molecule has 0 bridgehead atoms. The topological polar surface area (TPSA) is 27.0 Å². The van der Waals surface area contributed by atoms with Crippen molar-refractivity contribution in [2.45, 2.75) is 0 Å². The Morgan fingerprint density at radius 1 is 1.80 bits per heavy atom. The van der Waals surface area contributed by atoms with E-state index in [1.54, 1.807) is 0 Å². The Labute approximate surface area is 70.3 Å². The highest BCUT2D eigenvalue weighted by molar-refractivity contribution is 9.09. The van der Waals surface area contributed by atoms with E-state index >= 15 is 0 Å². The van der Waals surface area contributed by atoms with Crippen LogP contribution in [0.3, 0.4) is 0 Å². The Balaban J connectivity index is 3.49. The van der Waals surface area contributed by atoms with E-state index in [9.17, 15) is 0 Å². The van der Waals surface area contributed by atoms with E-state index in [0.717, 1.165) is 17.4 Å². The minimum atomic E-state index is 0.464. The van der Waals surface area contributed by atoms with Gasteiger partial charge < -0.3 is 0 Å². The standard InChI is InChI=1S/C7H11BrN2/c1-7(5-8)6-10(2)4-3-9/h1,4-6H2,2H3. The van der Waals surface area contributed by atoms with E-state index in [0.29, 0.717) is 6.54 Å². The molecule has 2 nitrogen and oxygen atoms in total. The van der Waals surface area contributed by atoms with Crippen LogP contribution in [0.2, 0.25) is 0 Å². The molecule has 0 heterocycles. The zero-order valence-electron chi connectivity index (χ0n) is 6.10. The van der Waals surface area contributed by atoms with Crippen LogP contribution in [0.25, 0.3) is 0 Å². The Hall–Kier alpha value is -0.330. The van der Waals surface area contributed by atoms with Gasteiger partial charge >= 0.3 is 0 Å². The maximum absolute atomic E-state index is 8.29. The normalized spacial score (nSPS) is 9.40. The van der Waals surface area contributed by atoms with Crippen LogP contribution in [-0.2, 0) is 0 Å². The van der Waals surface area contributed by atoms with Gasteiger partial charge in [0.05, 0.1) is 12.6 Å². The third-order valence-electron chi connectivity index (χ3n) is 1.02. The van der Waals surface area contributed by atoms with Crippen LogP contribution in [0.4, 0.5) is 0 Å². The molecule has 0 rings (SSSR count). The first-order valence-electron chi connectivity index (χ1n) is 2.98. The van der Waals surface area contributed by atoms with Crippen LogP contribution < -0.4 is 0 Å². The van der Waals surface area contributed by atoms with Gasteiger partial charge in [-0.15, -0.1) is 0 Å². The maximum atomic E-state index is 8.29. The summed E-state index contributed by atoms with van der Waals surface area (Å²) in [6.45, 7) is 5.05. The predicted octanol–water partition coefficient (Wildman–Crippen LogP) is 1.39. The highest BCUT2D eigenvalue weighted by Crippen LogP contribution is 1.97. The number of hydrogen-bond donors (Lipinski definition) is 0. The van der Waals surface area contributed by atoms with E-state index in [1.165, 1.54) is 0 Å². The smallest absolute Gasteiger partial charge is 0.0866 e. The van der Waals surface area contributed by atoms with E-state index in [1.807, 2.05) is 11.9 Å². The van der Waals surface area contributed by atoms with Gasteiger partial charge in [-0.1, -0.05) is 28.1 Å². The fourth-order valence-corrected chi connectivity index (χ4v) is 0.778. The van der Waals surface area contributed by atoms with Gasteiger partial charge in [0.1, 0.15) is 0 Å². The SMILES string of the molecule is C=C(CBr)CN(C)CC#N. The minimum absolute atomic E-state index is 0.464. The molecule has 0 spiro atoms. The molecule has 0 N–H and O–H groups in total. The fraction of sp³-hybridized carbons (Fsp3) is 0.571. The third kappa shape index (κ3) is 4.54. The van der Waals surface area contributed by atoms with Crippen molar-refractivity contribution in [1.29, 1.82) is 5.26 Å². The van der Waals surface area contributed by atoms with Gasteiger partial charge in [0.15, 0.2) is 0 Å². The first-order chi connectivity index (χ1) is 4.70. The van der Waals surface area contributed by atoms with Crippen molar-refractivity contribution < 1.29 is 0 Å². The van der Waals surface area contributed by atoms with Crippen molar-refractivity contribution in [1.82, 2.24) is 4.90 Å². The Morgan fingerprint density at radius 2 is 2.40 bits per heavy atom. The molecule has 0 aliphatic carbocycles. The largest absolute Gasteiger partial charge is 0.290 e. The molecule has 0 radical (unpaired) electrons. The van der Waals surface area contributed by atoms with Crippen molar-refractivity contribution in [3.05, 3.63) is 12.2 Å². The molecule has 3 heteroatoms. The van der Waals surface area contributed by atoms with E-state index in [2.05, 4.69) is 28.6 Å². The lowest BCUT2D eigenvalue weighted by molar-refractivity contribution is 0.408. The summed E-state index contributed by atoms with van der Waals surface area (Å²) in [5.74, 6) is 0. The molecule has 0 amide bonds. The maximum Gasteiger partial charge on any atom is 0.0866 e. The Morgan fingerprint density at radius 3 is 2.80 bits per heavy atom. The fourth-order valence-electron chi connectivity index (χ4n) is 0.601. The zero-order valence-corrected chi connectivity index (χ0v) is 7.69. The molecule has 0 aromatic carbocycles. The van der Waals surface area contributed by atoms with Crippen molar-refractivity contribution in [2.75, 3.05) is 25.5 Å². The van der Waals surface area contributed by atoms with E-state index < -0.39 is 0 Å². The van der Waals surface area contributed by atoms with Crippen LogP contribution >= 0.6 is 15.9 Å². The highest BCUT2D eigenvalue weighted by Gasteiger charge is 1.97. The number of rotatable bonds is 4. The van der Waals surface area contributed by atoms with Gasteiger partial charge in [0, 0.05) is 11.9 Å². The van der Waals surface area contributed by atoms with Gasteiger partial charge in [0.25, 0.3) is 0 Å². The van der Waals surface area contributed by atoms with Crippen LogP contribution in [0.5, 0.6) is 0 Å². The summed E-state index contributed by atoms with van der Waals surface area (Å²) >= 11 is 3.29. The zero-order chi connectivity index (χ0) is 7.98. The van der Waals surface area contributed by atoms with Crippen molar-refractivity contribution in [3.63, 3.8) is 0 Å². The van der Waals surface area contributed by atoms with Gasteiger partial charge in [0.2, 0.25) is 0 Å². The third-order valence-corrected chi connectivity index (χ3v) is 1.82. The summed E-state index contributed by atoms with van der Waals surface area (Å²) in [7, 11) is 1.90. The molecule has 0 aromatic rings. The summed E-state index contributed by atoms with van der Waals surface area (Å²) in [4.78, 5) is 1.92. The van der Waals surface area contributed by atoms with Gasteiger partial charge in [-0.3, -0.25) is 4.90 Å². The van der Waals surface area contributed by atoms with E-state index in [4.69, 9.17) is 5.26 Å². The second-order valence-corrected chi connectivity index (χ2v) is 2.77. The average molecular weight is 203 g/mol. The summed E-state index contributed by atoms with van der Waals surface area (Å²) in [5, 5.41) is 9.10. The molecule has 0 saturated carbocycles. The predicted molar refractivity (Wildman–Crippen MR) is 46.0 cm³/mol. The van der Waals surface area contributed by atoms with Crippen molar-refractivity contribution in [3.8, 4) is 6.07 Å². The molecule has 0 fully saturated rings. The molecule has 0 aromatic heterocycles. The summed E-state index contributed by atoms with van der Waals surface area (Å²) in [5.41, 5.74) is 1.10. The van der Waals surface area contributed by atoms with E-state index in [-0.39, 0.29) is 0 Å². The number of alkyl halides is 1. The Bertz CT molecular complexity index is 148. The number of hydrogen-bond acceptors (Lipinski definition) is 2.